The van der Waals surface area contributed by atoms with Crippen LogP contribution >= 0.6 is 0 Å². The molecule has 2 rings (SSSR count). The fourth-order valence-electron chi connectivity index (χ4n) is 2.90. The Morgan fingerprint density at radius 3 is 2.62 bits per heavy atom. The van der Waals surface area contributed by atoms with Crippen molar-refractivity contribution in [1.82, 2.24) is 4.90 Å². The first-order valence-electron chi connectivity index (χ1n) is 5.71. The van der Waals surface area contributed by atoms with Gasteiger partial charge >= 0.3 is 5.97 Å². The van der Waals surface area contributed by atoms with Gasteiger partial charge in [0.2, 0.25) is 5.91 Å². The molecule has 1 saturated heterocycles. The summed E-state index contributed by atoms with van der Waals surface area (Å²) in [6, 6.07) is -0.453. The topological polar surface area (TPSA) is 83.6 Å². The Kier molecular flexibility index (Phi) is 2.66. The molecule has 90 valence electrons. The summed E-state index contributed by atoms with van der Waals surface area (Å²) < 4.78 is 0. The molecule has 1 atom stereocenters. The van der Waals surface area contributed by atoms with Crippen LogP contribution in [0.4, 0.5) is 0 Å². The maximum atomic E-state index is 11.7. The predicted molar refractivity (Wildman–Crippen MR) is 57.6 cm³/mol. The molecule has 5 nitrogen and oxygen atoms in total. The first-order valence-corrected chi connectivity index (χ1v) is 5.71. The van der Waals surface area contributed by atoms with Crippen LogP contribution in [0, 0.1) is 11.3 Å². The van der Waals surface area contributed by atoms with Crippen LogP contribution < -0.4 is 5.73 Å². The first-order chi connectivity index (χ1) is 7.43. The second-order valence-electron chi connectivity index (χ2n) is 5.24. The van der Waals surface area contributed by atoms with Crippen molar-refractivity contribution in [2.75, 3.05) is 13.1 Å². The summed E-state index contributed by atoms with van der Waals surface area (Å²) in [6.45, 7) is 3.11. The van der Waals surface area contributed by atoms with E-state index < -0.39 is 12.0 Å². The highest BCUT2D eigenvalue weighted by Gasteiger charge is 2.51. The predicted octanol–water partition coefficient (Wildman–Crippen LogP) is 0.0469. The normalized spacial score (nSPS) is 34.9. The van der Waals surface area contributed by atoms with E-state index in [2.05, 4.69) is 0 Å². The van der Waals surface area contributed by atoms with Gasteiger partial charge in [0.25, 0.3) is 0 Å². The van der Waals surface area contributed by atoms with E-state index >= 15 is 0 Å². The molecule has 1 saturated carbocycles. The summed E-state index contributed by atoms with van der Waals surface area (Å²) in [7, 11) is 0. The highest BCUT2D eigenvalue weighted by molar-refractivity contribution is 5.81. The molecule has 16 heavy (non-hydrogen) atoms. The van der Waals surface area contributed by atoms with Crippen LogP contribution in [0.3, 0.4) is 0 Å². The Bertz CT molecular complexity index is 321. The quantitative estimate of drug-likeness (QED) is 0.696. The second-order valence-corrected chi connectivity index (χ2v) is 5.24. The van der Waals surface area contributed by atoms with Crippen molar-refractivity contribution < 1.29 is 14.7 Å². The Morgan fingerprint density at radius 1 is 1.50 bits per heavy atom. The molecule has 0 radical (unpaired) electrons. The number of likely N-dealkylation sites (tertiary alicyclic amines) is 1. The summed E-state index contributed by atoms with van der Waals surface area (Å²) in [5, 5.41) is 8.84. The molecule has 1 heterocycles. The molecule has 0 bridgehead atoms. The van der Waals surface area contributed by atoms with Gasteiger partial charge in [-0.3, -0.25) is 9.59 Å². The summed E-state index contributed by atoms with van der Waals surface area (Å²) in [5.74, 6) is -0.927. The fraction of sp³-hybridized carbons (Fsp3) is 0.818. The molecule has 5 heteroatoms. The maximum Gasteiger partial charge on any atom is 0.306 e. The third kappa shape index (κ3) is 1.80. The number of nitrogens with zero attached hydrogens (tertiary/aromatic N) is 1. The molecule has 1 aliphatic carbocycles. The molecule has 3 N–H and O–H groups in total. The lowest BCUT2D eigenvalue weighted by Gasteiger charge is -2.43. The van der Waals surface area contributed by atoms with Crippen LogP contribution in [0.25, 0.3) is 0 Å². The number of hydrogen-bond acceptors (Lipinski definition) is 3. The SMILES string of the molecule is CC(N)C(=O)N1CCC2(CC(C(=O)O)C2)C1. The molecule has 0 aromatic carbocycles. The van der Waals surface area contributed by atoms with Crippen molar-refractivity contribution in [3.63, 3.8) is 0 Å². The van der Waals surface area contributed by atoms with Gasteiger partial charge < -0.3 is 15.7 Å². The zero-order chi connectivity index (χ0) is 11.9. The van der Waals surface area contributed by atoms with E-state index in [-0.39, 0.29) is 17.2 Å². The third-order valence-electron chi connectivity index (χ3n) is 3.85. The Hall–Kier alpha value is -1.10. The average Bonchev–Trinajstić information content (AvgIpc) is 2.58. The average molecular weight is 226 g/mol. The van der Waals surface area contributed by atoms with Gasteiger partial charge in [0, 0.05) is 13.1 Å². The van der Waals surface area contributed by atoms with Gasteiger partial charge in [-0.15, -0.1) is 0 Å². The lowest BCUT2D eigenvalue weighted by Crippen LogP contribution is -2.46. The van der Waals surface area contributed by atoms with E-state index in [1.165, 1.54) is 0 Å². The zero-order valence-corrected chi connectivity index (χ0v) is 9.48. The molecular weight excluding hydrogens is 208 g/mol. The summed E-state index contributed by atoms with van der Waals surface area (Å²) in [4.78, 5) is 24.2. The Morgan fingerprint density at radius 2 is 2.12 bits per heavy atom. The van der Waals surface area contributed by atoms with Crippen LogP contribution in [0.1, 0.15) is 26.2 Å². The van der Waals surface area contributed by atoms with E-state index in [0.717, 1.165) is 13.0 Å². The Balaban J connectivity index is 1.90. The van der Waals surface area contributed by atoms with Gasteiger partial charge in [0.15, 0.2) is 0 Å². The van der Waals surface area contributed by atoms with Crippen LogP contribution in [-0.2, 0) is 9.59 Å². The van der Waals surface area contributed by atoms with Crippen LogP contribution in [0.5, 0.6) is 0 Å². The minimum atomic E-state index is -0.706. The highest BCUT2D eigenvalue weighted by Crippen LogP contribution is 2.51. The van der Waals surface area contributed by atoms with Crippen LogP contribution in [0.2, 0.25) is 0 Å². The molecule has 1 aliphatic heterocycles. The number of nitrogens with two attached hydrogens (primary N) is 1. The molecule has 1 spiro atoms. The van der Waals surface area contributed by atoms with Gasteiger partial charge in [-0.25, -0.2) is 0 Å². The van der Waals surface area contributed by atoms with Crippen molar-refractivity contribution in [3.8, 4) is 0 Å². The van der Waals surface area contributed by atoms with E-state index in [1.807, 2.05) is 0 Å². The number of carbonyl (C=O) groups is 2. The third-order valence-corrected chi connectivity index (χ3v) is 3.85. The zero-order valence-electron chi connectivity index (χ0n) is 9.48. The van der Waals surface area contributed by atoms with Gasteiger partial charge in [-0.2, -0.15) is 0 Å². The van der Waals surface area contributed by atoms with Gasteiger partial charge in [-0.1, -0.05) is 0 Å². The van der Waals surface area contributed by atoms with Gasteiger partial charge in [-0.05, 0) is 31.6 Å². The molecular formula is C11H18N2O3. The molecule has 1 unspecified atom stereocenters. The van der Waals surface area contributed by atoms with E-state index in [9.17, 15) is 9.59 Å². The van der Waals surface area contributed by atoms with Crippen molar-refractivity contribution in [2.45, 2.75) is 32.2 Å². The van der Waals surface area contributed by atoms with Gasteiger partial charge in [0.1, 0.15) is 0 Å². The lowest BCUT2D eigenvalue weighted by atomic mass is 9.61. The summed E-state index contributed by atoms with van der Waals surface area (Å²) >= 11 is 0. The number of aliphatic carboxylic acids is 1. The van der Waals surface area contributed by atoms with Gasteiger partial charge in [0.05, 0.1) is 12.0 Å². The second kappa shape index (κ2) is 3.73. The number of carboxylic acids is 1. The largest absolute Gasteiger partial charge is 0.481 e. The summed E-state index contributed by atoms with van der Waals surface area (Å²) in [5.41, 5.74) is 5.63. The molecule has 2 fully saturated rings. The standard InChI is InChI=1S/C11H18N2O3/c1-7(12)9(14)13-3-2-11(6-13)4-8(5-11)10(15)16/h7-8H,2-6,12H2,1H3,(H,15,16). The summed E-state index contributed by atoms with van der Waals surface area (Å²) in [6.07, 6.45) is 2.35. The van der Waals surface area contributed by atoms with Crippen molar-refractivity contribution >= 4 is 11.9 Å². The number of amides is 1. The molecule has 1 amide bonds. The number of rotatable bonds is 2. The molecule has 0 aromatic rings. The maximum absolute atomic E-state index is 11.7. The minimum absolute atomic E-state index is 0.0179. The first kappa shape index (κ1) is 11.4. The minimum Gasteiger partial charge on any atom is -0.481 e. The lowest BCUT2D eigenvalue weighted by molar-refractivity contribution is -0.149. The van der Waals surface area contributed by atoms with E-state index in [0.29, 0.717) is 19.4 Å². The van der Waals surface area contributed by atoms with Crippen molar-refractivity contribution in [3.05, 3.63) is 0 Å². The monoisotopic (exact) mass is 226 g/mol. The smallest absolute Gasteiger partial charge is 0.306 e. The van der Waals surface area contributed by atoms with E-state index in [4.69, 9.17) is 10.8 Å². The van der Waals surface area contributed by atoms with Crippen LogP contribution in [-0.4, -0.2) is 41.0 Å². The number of carboxylic acid groups (broad SMARTS) is 1. The van der Waals surface area contributed by atoms with E-state index in [1.54, 1.807) is 11.8 Å². The Labute approximate surface area is 94.6 Å². The fourth-order valence-corrected chi connectivity index (χ4v) is 2.90. The van der Waals surface area contributed by atoms with Crippen molar-refractivity contribution in [1.29, 1.82) is 0 Å². The number of hydrogen-bond donors (Lipinski definition) is 2. The molecule has 2 aliphatic rings. The molecule has 0 aromatic heterocycles. The van der Waals surface area contributed by atoms with Crippen molar-refractivity contribution in [2.24, 2.45) is 17.1 Å². The highest BCUT2D eigenvalue weighted by atomic mass is 16.4. The number of carbonyl (C=O) groups excluding carboxylic acids is 1. The van der Waals surface area contributed by atoms with Crippen LogP contribution in [0.15, 0.2) is 0 Å².